The Morgan fingerprint density at radius 1 is 1.10 bits per heavy atom. The van der Waals surface area contributed by atoms with Gasteiger partial charge in [-0.25, -0.2) is 4.39 Å². The van der Waals surface area contributed by atoms with Gasteiger partial charge in [0.1, 0.15) is 5.82 Å². The maximum absolute atomic E-state index is 13.6. The predicted molar refractivity (Wildman–Crippen MR) is 119 cm³/mol. The highest BCUT2D eigenvalue weighted by molar-refractivity contribution is 7.80. The molecule has 1 N–H and O–H groups in total. The molecular weight excluding hydrogens is 383 g/mol. The lowest BCUT2D eigenvalue weighted by atomic mass is 9.96. The number of halogens is 1. The lowest BCUT2D eigenvalue weighted by Gasteiger charge is -2.28. The number of rotatable bonds is 4. The summed E-state index contributed by atoms with van der Waals surface area (Å²) in [7, 11) is 0. The molecule has 3 aromatic rings. The zero-order valence-corrected chi connectivity index (χ0v) is 17.9. The fraction of sp³-hybridized carbons (Fsp3) is 0.304. The molecule has 1 aromatic carbocycles. The zero-order valence-electron chi connectivity index (χ0n) is 17.1. The molecule has 2 aromatic heterocycles. The number of nitrogens with zero attached hydrogens (tertiary/aromatic N) is 3. The van der Waals surface area contributed by atoms with E-state index in [1.165, 1.54) is 29.1 Å². The van der Waals surface area contributed by atoms with Crippen LogP contribution in [0.4, 0.5) is 10.1 Å². The van der Waals surface area contributed by atoms with Crippen LogP contribution < -0.4 is 10.2 Å². The summed E-state index contributed by atoms with van der Waals surface area (Å²) in [6.07, 6.45) is 1.80. The van der Waals surface area contributed by atoms with E-state index in [1.807, 2.05) is 18.2 Å². The minimum atomic E-state index is -0.261. The summed E-state index contributed by atoms with van der Waals surface area (Å²) in [5, 5.41) is 4.08. The molecule has 0 unspecified atom stereocenters. The minimum Gasteiger partial charge on any atom is -0.351 e. The van der Waals surface area contributed by atoms with Crippen LogP contribution in [0.15, 0.2) is 54.7 Å². The van der Waals surface area contributed by atoms with Gasteiger partial charge in [0.15, 0.2) is 5.11 Å². The molecule has 0 spiro atoms. The molecule has 1 fully saturated rings. The van der Waals surface area contributed by atoms with Gasteiger partial charge in [-0.3, -0.25) is 4.98 Å². The van der Waals surface area contributed by atoms with Gasteiger partial charge in [0.25, 0.3) is 0 Å². The van der Waals surface area contributed by atoms with Crippen LogP contribution in [-0.4, -0.2) is 14.7 Å². The van der Waals surface area contributed by atoms with Gasteiger partial charge in [-0.15, -0.1) is 0 Å². The first-order valence-corrected chi connectivity index (χ1v) is 10.2. The van der Waals surface area contributed by atoms with Crippen molar-refractivity contribution in [3.05, 3.63) is 83.2 Å². The van der Waals surface area contributed by atoms with Crippen molar-refractivity contribution in [1.82, 2.24) is 14.9 Å². The second-order valence-electron chi connectivity index (χ2n) is 7.76. The van der Waals surface area contributed by atoms with Crippen LogP contribution in [0.25, 0.3) is 0 Å². The SMILES string of the molecule is Cc1cc([C@@H]2[C@@H](c3ccccn3)NC(=S)N2c2ccc(F)cc2)c(C)n1C(C)C. The number of benzene rings is 1. The molecule has 2 atom stereocenters. The van der Waals surface area contributed by atoms with Crippen LogP contribution in [0.2, 0.25) is 0 Å². The van der Waals surface area contributed by atoms with Crippen molar-refractivity contribution in [2.75, 3.05) is 4.90 Å². The molecule has 0 amide bonds. The van der Waals surface area contributed by atoms with Crippen molar-refractivity contribution < 1.29 is 4.39 Å². The molecule has 0 aliphatic carbocycles. The number of hydrogen-bond donors (Lipinski definition) is 1. The second-order valence-corrected chi connectivity index (χ2v) is 8.15. The van der Waals surface area contributed by atoms with Crippen molar-refractivity contribution in [3.8, 4) is 0 Å². The summed E-state index contributed by atoms with van der Waals surface area (Å²) in [4.78, 5) is 6.68. The Morgan fingerprint density at radius 3 is 2.41 bits per heavy atom. The Morgan fingerprint density at radius 2 is 1.83 bits per heavy atom. The number of thiocarbonyl (C=S) groups is 1. The van der Waals surface area contributed by atoms with Crippen molar-refractivity contribution in [2.24, 2.45) is 0 Å². The molecule has 29 heavy (non-hydrogen) atoms. The molecule has 1 aliphatic rings. The van der Waals surface area contributed by atoms with E-state index in [-0.39, 0.29) is 17.9 Å². The van der Waals surface area contributed by atoms with E-state index in [0.717, 1.165) is 11.4 Å². The first kappa shape index (κ1) is 19.6. The number of anilines is 1. The van der Waals surface area contributed by atoms with E-state index >= 15 is 0 Å². The van der Waals surface area contributed by atoms with Gasteiger partial charge in [0.05, 0.1) is 17.8 Å². The smallest absolute Gasteiger partial charge is 0.174 e. The molecule has 4 nitrogen and oxygen atoms in total. The monoisotopic (exact) mass is 408 g/mol. The first-order chi connectivity index (χ1) is 13.9. The third kappa shape index (κ3) is 3.42. The number of hydrogen-bond acceptors (Lipinski definition) is 2. The highest BCUT2D eigenvalue weighted by Gasteiger charge is 2.42. The van der Waals surface area contributed by atoms with Crippen LogP contribution in [0.3, 0.4) is 0 Å². The summed E-state index contributed by atoms with van der Waals surface area (Å²) in [5.74, 6) is -0.261. The minimum absolute atomic E-state index is 0.0819. The van der Waals surface area contributed by atoms with Gasteiger partial charge in [0, 0.05) is 29.3 Å². The Bertz CT molecular complexity index is 1030. The largest absolute Gasteiger partial charge is 0.351 e. The van der Waals surface area contributed by atoms with E-state index < -0.39 is 0 Å². The van der Waals surface area contributed by atoms with E-state index in [4.69, 9.17) is 12.2 Å². The third-order valence-corrected chi connectivity index (χ3v) is 5.88. The van der Waals surface area contributed by atoms with Crippen LogP contribution in [0.1, 0.15) is 54.6 Å². The molecule has 3 heterocycles. The molecule has 0 bridgehead atoms. The average Bonchev–Trinajstić information content (AvgIpc) is 3.19. The molecule has 1 aliphatic heterocycles. The van der Waals surface area contributed by atoms with E-state index in [2.05, 4.69) is 53.5 Å². The van der Waals surface area contributed by atoms with Crippen LogP contribution in [0, 0.1) is 19.7 Å². The van der Waals surface area contributed by atoms with Gasteiger partial charge in [-0.2, -0.15) is 0 Å². The van der Waals surface area contributed by atoms with E-state index in [0.29, 0.717) is 11.2 Å². The third-order valence-electron chi connectivity index (χ3n) is 5.56. The Kier molecular flexibility index (Phi) is 5.13. The summed E-state index contributed by atoms with van der Waals surface area (Å²) >= 11 is 5.73. The maximum Gasteiger partial charge on any atom is 0.174 e. The van der Waals surface area contributed by atoms with Gasteiger partial charge >= 0.3 is 0 Å². The van der Waals surface area contributed by atoms with Gasteiger partial charge in [-0.1, -0.05) is 6.07 Å². The highest BCUT2D eigenvalue weighted by atomic mass is 32.1. The topological polar surface area (TPSA) is 33.1 Å². The predicted octanol–water partition coefficient (Wildman–Crippen LogP) is 5.40. The Balaban J connectivity index is 1.88. The first-order valence-electron chi connectivity index (χ1n) is 9.83. The number of nitrogens with one attached hydrogen (secondary N) is 1. The lowest BCUT2D eigenvalue weighted by Crippen LogP contribution is -2.29. The Labute approximate surface area is 176 Å². The Hall–Kier alpha value is -2.73. The second kappa shape index (κ2) is 7.59. The number of aryl methyl sites for hydroxylation is 1. The van der Waals surface area contributed by atoms with Crippen molar-refractivity contribution in [1.29, 1.82) is 0 Å². The quantitative estimate of drug-likeness (QED) is 0.586. The van der Waals surface area contributed by atoms with Gasteiger partial charge < -0.3 is 14.8 Å². The average molecular weight is 409 g/mol. The normalized spacial score (nSPS) is 19.1. The van der Waals surface area contributed by atoms with Gasteiger partial charge in [0.2, 0.25) is 0 Å². The van der Waals surface area contributed by atoms with Crippen molar-refractivity contribution in [2.45, 2.75) is 45.8 Å². The number of pyridine rings is 1. The fourth-order valence-corrected chi connectivity index (χ4v) is 4.79. The zero-order chi connectivity index (χ0) is 20.7. The standard InChI is InChI=1S/C23H25FN4S/c1-14(2)27-15(3)13-19(16(27)4)22-21(20-7-5-6-12-25-20)26-23(29)28(22)18-10-8-17(24)9-11-18/h5-14,21-22H,1-4H3,(H,26,29)/t21-,22-/m1/s1. The summed E-state index contributed by atoms with van der Waals surface area (Å²) in [5.41, 5.74) is 5.41. The molecule has 0 saturated carbocycles. The molecule has 0 radical (unpaired) electrons. The van der Waals surface area contributed by atoms with Crippen LogP contribution >= 0.6 is 12.2 Å². The maximum atomic E-state index is 13.6. The number of aromatic nitrogens is 2. The highest BCUT2D eigenvalue weighted by Crippen LogP contribution is 2.43. The molecular formula is C23H25FN4S. The summed E-state index contributed by atoms with van der Waals surface area (Å²) < 4.78 is 15.9. The molecule has 1 saturated heterocycles. The van der Waals surface area contributed by atoms with Crippen LogP contribution in [-0.2, 0) is 0 Å². The molecule has 6 heteroatoms. The fourth-order valence-electron chi connectivity index (χ4n) is 4.45. The van der Waals surface area contributed by atoms with E-state index in [9.17, 15) is 4.39 Å². The van der Waals surface area contributed by atoms with Crippen LogP contribution in [0.5, 0.6) is 0 Å². The van der Waals surface area contributed by atoms with Crippen molar-refractivity contribution >= 4 is 23.0 Å². The molecule has 150 valence electrons. The summed E-state index contributed by atoms with van der Waals surface area (Å²) in [6, 6.07) is 14.8. The van der Waals surface area contributed by atoms with E-state index in [1.54, 1.807) is 18.3 Å². The van der Waals surface area contributed by atoms with Crippen molar-refractivity contribution in [3.63, 3.8) is 0 Å². The summed E-state index contributed by atoms with van der Waals surface area (Å²) in [6.45, 7) is 8.67. The lowest BCUT2D eigenvalue weighted by molar-refractivity contribution is 0.547. The molecule has 4 rings (SSSR count). The van der Waals surface area contributed by atoms with Gasteiger partial charge in [-0.05, 0) is 87.9 Å².